The van der Waals surface area contributed by atoms with Crippen molar-refractivity contribution in [3.05, 3.63) is 60.2 Å². The van der Waals surface area contributed by atoms with Gasteiger partial charge < -0.3 is 9.31 Å². The Hall–Kier alpha value is -1.58. The minimum absolute atomic E-state index is 0.195. The Morgan fingerprint density at radius 2 is 1.22 bits per heavy atom. The molecule has 1 fully saturated rings. The van der Waals surface area contributed by atoms with Crippen LogP contribution in [0.3, 0.4) is 0 Å². The Kier molecular flexibility index (Phi) is 4.11. The Bertz CT molecular complexity index is 646. The van der Waals surface area contributed by atoms with Gasteiger partial charge in [0.1, 0.15) is 0 Å². The maximum atomic E-state index is 6.17. The molecule has 3 heteroatoms. The van der Waals surface area contributed by atoms with E-state index in [2.05, 4.69) is 83.1 Å². The van der Waals surface area contributed by atoms with Gasteiger partial charge in [0.25, 0.3) is 0 Å². The van der Waals surface area contributed by atoms with E-state index in [-0.39, 0.29) is 24.1 Å². The third-order valence-corrected chi connectivity index (χ3v) is 5.22. The predicted molar refractivity (Wildman–Crippen MR) is 96.4 cm³/mol. The van der Waals surface area contributed by atoms with Crippen LogP contribution in [0.5, 0.6) is 0 Å². The van der Waals surface area contributed by atoms with Crippen molar-refractivity contribution in [1.82, 2.24) is 0 Å². The number of benzene rings is 2. The second kappa shape index (κ2) is 5.81. The molecule has 0 amide bonds. The molecule has 2 aromatic carbocycles. The summed E-state index contributed by atoms with van der Waals surface area (Å²) < 4.78 is 12.3. The molecule has 23 heavy (non-hydrogen) atoms. The lowest BCUT2D eigenvalue weighted by Gasteiger charge is -2.32. The van der Waals surface area contributed by atoms with Crippen molar-refractivity contribution in [2.24, 2.45) is 0 Å². The first-order valence-corrected chi connectivity index (χ1v) is 8.31. The SMILES string of the molecule is C[C@@H](B1OC(C)(C)C(C)(C)O1)c1ccc(-c2ccccc2)cc1. The summed E-state index contributed by atoms with van der Waals surface area (Å²) in [5.74, 6) is 0.195. The normalized spacial score (nSPS) is 20.5. The summed E-state index contributed by atoms with van der Waals surface area (Å²) in [6.45, 7) is 10.5. The van der Waals surface area contributed by atoms with Gasteiger partial charge in [-0.3, -0.25) is 0 Å². The molecule has 1 heterocycles. The van der Waals surface area contributed by atoms with Gasteiger partial charge in [-0.1, -0.05) is 61.5 Å². The van der Waals surface area contributed by atoms with Gasteiger partial charge in [0, 0.05) is 5.82 Å². The fourth-order valence-corrected chi connectivity index (χ4v) is 2.86. The highest BCUT2D eigenvalue weighted by Gasteiger charge is 2.52. The van der Waals surface area contributed by atoms with Crippen LogP contribution in [0, 0.1) is 0 Å². The summed E-state index contributed by atoms with van der Waals surface area (Å²) in [6, 6.07) is 19.1. The highest BCUT2D eigenvalue weighted by Crippen LogP contribution is 2.40. The van der Waals surface area contributed by atoms with Crippen LogP contribution >= 0.6 is 0 Å². The summed E-state index contributed by atoms with van der Waals surface area (Å²) in [6.07, 6.45) is 0. The lowest BCUT2D eigenvalue weighted by molar-refractivity contribution is 0.00578. The van der Waals surface area contributed by atoms with Gasteiger partial charge in [0.2, 0.25) is 0 Å². The molecule has 2 nitrogen and oxygen atoms in total. The zero-order chi connectivity index (χ0) is 16.7. The molecule has 120 valence electrons. The third-order valence-electron chi connectivity index (χ3n) is 5.22. The number of hydrogen-bond donors (Lipinski definition) is 0. The van der Waals surface area contributed by atoms with E-state index in [9.17, 15) is 0 Å². The topological polar surface area (TPSA) is 18.5 Å². The van der Waals surface area contributed by atoms with Gasteiger partial charge in [-0.2, -0.15) is 0 Å². The molecule has 3 rings (SSSR count). The lowest BCUT2D eigenvalue weighted by atomic mass is 9.69. The Morgan fingerprint density at radius 1 is 0.739 bits per heavy atom. The zero-order valence-corrected chi connectivity index (χ0v) is 14.7. The predicted octanol–water partition coefficient (Wildman–Crippen LogP) is 5.09. The Morgan fingerprint density at radius 3 is 1.74 bits per heavy atom. The average molecular weight is 308 g/mol. The number of rotatable bonds is 3. The van der Waals surface area contributed by atoms with E-state index in [1.54, 1.807) is 0 Å². The molecular formula is C20H25BO2. The van der Waals surface area contributed by atoms with Crippen LogP contribution in [0.1, 0.15) is 46.0 Å². The van der Waals surface area contributed by atoms with Crippen molar-refractivity contribution in [1.29, 1.82) is 0 Å². The van der Waals surface area contributed by atoms with Gasteiger partial charge in [-0.15, -0.1) is 0 Å². The highest BCUT2D eigenvalue weighted by molar-refractivity contribution is 6.47. The largest absolute Gasteiger partial charge is 0.465 e. The summed E-state index contributed by atoms with van der Waals surface area (Å²) in [5, 5.41) is 0. The van der Waals surface area contributed by atoms with Gasteiger partial charge in [-0.25, -0.2) is 0 Å². The van der Waals surface area contributed by atoms with E-state index in [0.717, 1.165) is 0 Å². The van der Waals surface area contributed by atoms with Crippen molar-refractivity contribution in [2.75, 3.05) is 0 Å². The van der Waals surface area contributed by atoms with Crippen LogP contribution in [0.15, 0.2) is 54.6 Å². The summed E-state index contributed by atoms with van der Waals surface area (Å²) >= 11 is 0. The van der Waals surface area contributed by atoms with Crippen molar-refractivity contribution in [2.45, 2.75) is 51.6 Å². The van der Waals surface area contributed by atoms with E-state index in [1.165, 1.54) is 16.7 Å². The molecule has 0 aromatic heterocycles. The van der Waals surface area contributed by atoms with E-state index in [0.29, 0.717) is 0 Å². The van der Waals surface area contributed by atoms with Crippen LogP contribution in [0.25, 0.3) is 11.1 Å². The Balaban J connectivity index is 1.78. The van der Waals surface area contributed by atoms with Crippen molar-refractivity contribution in [3.63, 3.8) is 0 Å². The van der Waals surface area contributed by atoms with Crippen LogP contribution in [0.4, 0.5) is 0 Å². The van der Waals surface area contributed by atoms with E-state index >= 15 is 0 Å². The smallest absolute Gasteiger partial charge is 0.403 e. The van der Waals surface area contributed by atoms with E-state index in [1.807, 2.05) is 6.07 Å². The average Bonchev–Trinajstić information content (AvgIpc) is 2.76. The zero-order valence-electron chi connectivity index (χ0n) is 14.7. The first-order chi connectivity index (χ1) is 10.8. The third kappa shape index (κ3) is 3.08. The van der Waals surface area contributed by atoms with E-state index in [4.69, 9.17) is 9.31 Å². The molecule has 0 N–H and O–H groups in total. The second-order valence-corrected chi connectivity index (χ2v) is 7.40. The molecule has 1 aliphatic rings. The molecule has 1 atom stereocenters. The van der Waals surface area contributed by atoms with Gasteiger partial charge in [0.15, 0.2) is 0 Å². The number of hydrogen-bond acceptors (Lipinski definition) is 2. The van der Waals surface area contributed by atoms with Crippen molar-refractivity contribution >= 4 is 7.12 Å². The monoisotopic (exact) mass is 308 g/mol. The Labute approximate surface area is 140 Å². The molecule has 1 aliphatic heterocycles. The van der Waals surface area contributed by atoms with Crippen LogP contribution < -0.4 is 0 Å². The minimum Gasteiger partial charge on any atom is -0.403 e. The first kappa shape index (κ1) is 16.3. The van der Waals surface area contributed by atoms with Crippen LogP contribution in [-0.4, -0.2) is 18.3 Å². The highest BCUT2D eigenvalue weighted by atomic mass is 16.7. The van der Waals surface area contributed by atoms with Gasteiger partial charge in [-0.05, 0) is 44.4 Å². The van der Waals surface area contributed by atoms with Crippen molar-refractivity contribution < 1.29 is 9.31 Å². The van der Waals surface area contributed by atoms with E-state index < -0.39 is 0 Å². The maximum Gasteiger partial charge on any atom is 0.465 e. The van der Waals surface area contributed by atoms with Gasteiger partial charge in [0.05, 0.1) is 11.2 Å². The second-order valence-electron chi connectivity index (χ2n) is 7.40. The molecule has 0 unspecified atom stereocenters. The van der Waals surface area contributed by atoms with Crippen LogP contribution in [0.2, 0.25) is 0 Å². The standard InChI is InChI=1S/C20H25BO2/c1-15(21-22-19(2,3)20(4,5)23-21)16-11-13-18(14-12-16)17-9-7-6-8-10-17/h6-15H,1-5H3/t15-/m1/s1. The van der Waals surface area contributed by atoms with Crippen LogP contribution in [-0.2, 0) is 9.31 Å². The molecule has 0 aliphatic carbocycles. The fourth-order valence-electron chi connectivity index (χ4n) is 2.86. The molecule has 1 saturated heterocycles. The lowest BCUT2D eigenvalue weighted by Crippen LogP contribution is -2.41. The quantitative estimate of drug-likeness (QED) is 0.735. The maximum absolute atomic E-state index is 6.17. The summed E-state index contributed by atoms with van der Waals surface area (Å²) in [7, 11) is -0.206. The molecule has 0 saturated carbocycles. The molecule has 2 aromatic rings. The molecule has 0 bridgehead atoms. The minimum atomic E-state index is -0.282. The fraction of sp³-hybridized carbons (Fsp3) is 0.400. The van der Waals surface area contributed by atoms with Gasteiger partial charge >= 0.3 is 7.12 Å². The molecule has 0 spiro atoms. The molecular weight excluding hydrogens is 283 g/mol. The van der Waals surface area contributed by atoms with Crippen molar-refractivity contribution in [3.8, 4) is 11.1 Å². The summed E-state index contributed by atoms with van der Waals surface area (Å²) in [5.41, 5.74) is 3.15. The summed E-state index contributed by atoms with van der Waals surface area (Å²) in [4.78, 5) is 0. The molecule has 0 radical (unpaired) electrons. The first-order valence-electron chi connectivity index (χ1n) is 8.31.